The summed E-state index contributed by atoms with van der Waals surface area (Å²) in [4.78, 5) is 2.10. The molecule has 0 radical (unpaired) electrons. The zero-order valence-electron chi connectivity index (χ0n) is 17.4. The van der Waals surface area contributed by atoms with Crippen molar-refractivity contribution in [3.8, 4) is 17.0 Å². The molecule has 0 saturated heterocycles. The molecule has 0 unspecified atom stereocenters. The molecule has 0 spiro atoms. The first-order valence-corrected chi connectivity index (χ1v) is 11.6. The van der Waals surface area contributed by atoms with Crippen LogP contribution >= 0.6 is 39.1 Å². The third-order valence-electron chi connectivity index (χ3n) is 5.15. The predicted octanol–water partition coefficient (Wildman–Crippen LogP) is 7.37. The van der Waals surface area contributed by atoms with E-state index in [0.29, 0.717) is 23.2 Å². The molecule has 0 aliphatic carbocycles. The second kappa shape index (κ2) is 9.66. The van der Waals surface area contributed by atoms with E-state index in [-0.39, 0.29) is 0 Å². The lowest BCUT2D eigenvalue weighted by Crippen LogP contribution is -2.19. The molecule has 4 aromatic rings. The molecule has 0 aliphatic rings. The van der Waals surface area contributed by atoms with E-state index < -0.39 is 0 Å². The molecule has 0 saturated carbocycles. The van der Waals surface area contributed by atoms with Crippen molar-refractivity contribution in [2.45, 2.75) is 6.54 Å². The average molecular weight is 518 g/mol. The number of fused-ring (bicyclic) bond motifs is 1. The maximum atomic E-state index is 6.75. The van der Waals surface area contributed by atoms with Crippen molar-refractivity contribution in [1.82, 2.24) is 9.47 Å². The Morgan fingerprint density at radius 2 is 1.68 bits per heavy atom. The van der Waals surface area contributed by atoms with Crippen molar-refractivity contribution in [3.05, 3.63) is 86.8 Å². The van der Waals surface area contributed by atoms with E-state index in [1.165, 1.54) is 0 Å². The Balaban J connectivity index is 1.98. The fraction of sp³-hybridized carbons (Fsp3) is 0.200. The van der Waals surface area contributed by atoms with E-state index in [2.05, 4.69) is 49.7 Å². The van der Waals surface area contributed by atoms with Crippen LogP contribution < -0.4 is 4.74 Å². The summed E-state index contributed by atoms with van der Waals surface area (Å²) in [5.41, 5.74) is 4.13. The van der Waals surface area contributed by atoms with E-state index in [4.69, 9.17) is 27.9 Å². The lowest BCUT2D eigenvalue weighted by atomic mass is 10.1. The minimum atomic E-state index is 0.561. The van der Waals surface area contributed by atoms with E-state index in [9.17, 15) is 0 Å². The molecule has 4 rings (SSSR count). The average Bonchev–Trinajstić information content (AvgIpc) is 3.03. The van der Waals surface area contributed by atoms with Crippen molar-refractivity contribution in [2.24, 2.45) is 0 Å². The standard InChI is InChI=1S/C25H23BrCl2N2O/c1-29(2)12-13-31-25-20-14-19(27)15-22(28)24(20)30(16-18-10-6-7-11-21(18)26)23(25)17-8-4-3-5-9-17/h3-11,14-15H,12-13,16H2,1-2H3. The summed E-state index contributed by atoms with van der Waals surface area (Å²) in [5.74, 6) is 0.805. The van der Waals surface area contributed by atoms with Crippen LogP contribution in [0, 0.1) is 0 Å². The van der Waals surface area contributed by atoms with Gasteiger partial charge in [-0.1, -0.05) is 87.7 Å². The molecule has 3 nitrogen and oxygen atoms in total. The Kier molecular flexibility index (Phi) is 6.92. The van der Waals surface area contributed by atoms with E-state index in [1.54, 1.807) is 6.07 Å². The lowest BCUT2D eigenvalue weighted by Gasteiger charge is -2.15. The van der Waals surface area contributed by atoms with Gasteiger partial charge >= 0.3 is 0 Å². The lowest BCUT2D eigenvalue weighted by molar-refractivity contribution is 0.264. The Morgan fingerprint density at radius 3 is 2.39 bits per heavy atom. The number of likely N-dealkylation sites (N-methyl/N-ethyl adjacent to an activating group) is 1. The third-order valence-corrected chi connectivity index (χ3v) is 6.43. The van der Waals surface area contributed by atoms with Crippen LogP contribution in [0.25, 0.3) is 22.2 Å². The van der Waals surface area contributed by atoms with Crippen LogP contribution in [-0.2, 0) is 6.54 Å². The minimum Gasteiger partial charge on any atom is -0.489 e. The number of halogens is 3. The van der Waals surface area contributed by atoms with Gasteiger partial charge in [-0.3, -0.25) is 0 Å². The summed E-state index contributed by atoms with van der Waals surface area (Å²) in [7, 11) is 4.07. The van der Waals surface area contributed by atoms with Crippen molar-refractivity contribution in [2.75, 3.05) is 27.2 Å². The number of ether oxygens (including phenoxy) is 1. The highest BCUT2D eigenvalue weighted by molar-refractivity contribution is 9.10. The van der Waals surface area contributed by atoms with Gasteiger partial charge in [0.25, 0.3) is 0 Å². The molecule has 3 aromatic carbocycles. The van der Waals surface area contributed by atoms with Crippen molar-refractivity contribution < 1.29 is 4.74 Å². The van der Waals surface area contributed by atoms with Crippen LogP contribution in [0.3, 0.4) is 0 Å². The van der Waals surface area contributed by atoms with Gasteiger partial charge in [-0.05, 0) is 37.9 Å². The Labute approximate surface area is 201 Å². The number of benzene rings is 3. The number of rotatable bonds is 7. The van der Waals surface area contributed by atoms with Gasteiger partial charge in [0.1, 0.15) is 6.61 Å². The summed E-state index contributed by atoms with van der Waals surface area (Å²) in [6.45, 7) is 2.01. The number of aromatic nitrogens is 1. The van der Waals surface area contributed by atoms with Crippen LogP contribution in [0.5, 0.6) is 5.75 Å². The SMILES string of the molecule is CN(C)CCOc1c(-c2ccccc2)n(Cc2ccccc2Br)c2c(Cl)cc(Cl)cc12. The predicted molar refractivity (Wildman–Crippen MR) is 135 cm³/mol. The zero-order chi connectivity index (χ0) is 22.0. The van der Waals surface area contributed by atoms with Gasteiger partial charge in [0, 0.05) is 33.5 Å². The largest absolute Gasteiger partial charge is 0.489 e. The number of hydrogen-bond donors (Lipinski definition) is 0. The quantitative estimate of drug-likeness (QED) is 0.254. The van der Waals surface area contributed by atoms with E-state index in [0.717, 1.165) is 44.5 Å². The van der Waals surface area contributed by atoms with Gasteiger partial charge in [-0.2, -0.15) is 0 Å². The topological polar surface area (TPSA) is 17.4 Å². The molecular formula is C25H23BrCl2N2O. The maximum Gasteiger partial charge on any atom is 0.153 e. The number of nitrogens with zero attached hydrogens (tertiary/aromatic N) is 2. The molecule has 6 heteroatoms. The molecule has 1 aromatic heterocycles. The summed E-state index contributed by atoms with van der Waals surface area (Å²) in [6, 6.07) is 22.2. The summed E-state index contributed by atoms with van der Waals surface area (Å²) in [5, 5.41) is 2.11. The summed E-state index contributed by atoms with van der Waals surface area (Å²) >= 11 is 16.8. The molecule has 31 heavy (non-hydrogen) atoms. The first-order chi connectivity index (χ1) is 15.0. The van der Waals surface area contributed by atoms with Crippen LogP contribution in [0.1, 0.15) is 5.56 Å². The second-order valence-electron chi connectivity index (χ2n) is 7.66. The normalized spacial score (nSPS) is 11.4. The minimum absolute atomic E-state index is 0.561. The van der Waals surface area contributed by atoms with Gasteiger partial charge < -0.3 is 14.2 Å². The summed E-state index contributed by atoms with van der Waals surface area (Å²) in [6.07, 6.45) is 0. The third kappa shape index (κ3) is 4.78. The molecule has 0 amide bonds. The maximum absolute atomic E-state index is 6.75. The Bertz CT molecular complexity index is 1210. The van der Waals surface area contributed by atoms with Gasteiger partial charge in [0.05, 0.1) is 16.2 Å². The molecule has 0 fully saturated rings. The second-order valence-corrected chi connectivity index (χ2v) is 9.35. The molecule has 160 valence electrons. The molecule has 0 aliphatic heterocycles. The van der Waals surface area contributed by atoms with Crippen LogP contribution in [0.2, 0.25) is 10.0 Å². The first kappa shape index (κ1) is 22.2. The van der Waals surface area contributed by atoms with Crippen molar-refractivity contribution in [1.29, 1.82) is 0 Å². The van der Waals surface area contributed by atoms with Gasteiger partial charge in [-0.25, -0.2) is 0 Å². The van der Waals surface area contributed by atoms with Gasteiger partial charge in [0.15, 0.2) is 5.75 Å². The van der Waals surface area contributed by atoms with Crippen LogP contribution in [-0.4, -0.2) is 36.7 Å². The summed E-state index contributed by atoms with van der Waals surface area (Å²) < 4.78 is 9.67. The van der Waals surface area contributed by atoms with Crippen molar-refractivity contribution >= 4 is 50.0 Å². The fourth-order valence-electron chi connectivity index (χ4n) is 3.69. The van der Waals surface area contributed by atoms with Crippen molar-refractivity contribution in [3.63, 3.8) is 0 Å². The van der Waals surface area contributed by atoms with Crippen LogP contribution in [0.15, 0.2) is 71.2 Å². The molecular weight excluding hydrogens is 495 g/mol. The van der Waals surface area contributed by atoms with E-state index >= 15 is 0 Å². The van der Waals surface area contributed by atoms with E-state index in [1.807, 2.05) is 50.5 Å². The molecule has 0 bridgehead atoms. The Hall–Kier alpha value is -1.98. The fourth-order valence-corrected chi connectivity index (χ4v) is 4.70. The molecule has 0 N–H and O–H groups in total. The highest BCUT2D eigenvalue weighted by Gasteiger charge is 2.23. The highest BCUT2D eigenvalue weighted by atomic mass is 79.9. The van der Waals surface area contributed by atoms with Crippen LogP contribution in [0.4, 0.5) is 0 Å². The smallest absolute Gasteiger partial charge is 0.153 e. The Morgan fingerprint density at radius 1 is 0.968 bits per heavy atom. The monoisotopic (exact) mass is 516 g/mol. The zero-order valence-corrected chi connectivity index (χ0v) is 20.5. The molecule has 1 heterocycles. The highest BCUT2D eigenvalue weighted by Crippen LogP contribution is 2.44. The molecule has 0 atom stereocenters. The first-order valence-electron chi connectivity index (χ1n) is 10.0. The van der Waals surface area contributed by atoms with Gasteiger partial charge in [0.2, 0.25) is 0 Å². The number of hydrogen-bond acceptors (Lipinski definition) is 2. The van der Waals surface area contributed by atoms with Gasteiger partial charge in [-0.15, -0.1) is 0 Å².